The van der Waals surface area contributed by atoms with E-state index in [4.69, 9.17) is 27.9 Å². The highest BCUT2D eigenvalue weighted by Crippen LogP contribution is 2.29. The summed E-state index contributed by atoms with van der Waals surface area (Å²) in [5.41, 5.74) is 5.81. The molecule has 0 unspecified atom stereocenters. The zero-order chi connectivity index (χ0) is 18.9. The van der Waals surface area contributed by atoms with Gasteiger partial charge in [-0.25, -0.2) is 0 Å². The number of nitrogens with one attached hydrogen (secondary N) is 2. The number of hydrogen-bond donors (Lipinski definition) is 2. The number of hydrazine groups is 1. The van der Waals surface area contributed by atoms with Crippen molar-refractivity contribution in [3.05, 3.63) is 58.1 Å². The van der Waals surface area contributed by atoms with Gasteiger partial charge in [-0.2, -0.15) is 0 Å². The van der Waals surface area contributed by atoms with Gasteiger partial charge < -0.3 is 4.74 Å². The van der Waals surface area contributed by atoms with Crippen LogP contribution in [0, 0.1) is 0 Å². The Morgan fingerprint density at radius 1 is 1.04 bits per heavy atom. The molecule has 0 fully saturated rings. The number of carbonyl (C=O) groups is 2. The summed E-state index contributed by atoms with van der Waals surface area (Å²) in [4.78, 5) is 24.2. The molecule has 2 N–H and O–H groups in total. The number of benzene rings is 2. The van der Waals surface area contributed by atoms with Crippen LogP contribution in [0.25, 0.3) is 0 Å². The quantitative estimate of drug-likeness (QED) is 0.534. The van der Waals surface area contributed by atoms with E-state index >= 15 is 0 Å². The van der Waals surface area contributed by atoms with Crippen LogP contribution < -0.4 is 15.6 Å². The Balaban J connectivity index is 1.69. The number of rotatable bonds is 7. The third-order valence-corrected chi connectivity index (χ3v) is 5.03. The van der Waals surface area contributed by atoms with E-state index in [-0.39, 0.29) is 18.3 Å². The van der Waals surface area contributed by atoms with E-state index in [1.807, 2.05) is 12.1 Å². The molecule has 0 atom stereocenters. The van der Waals surface area contributed by atoms with E-state index < -0.39 is 5.91 Å². The van der Waals surface area contributed by atoms with Crippen molar-refractivity contribution in [2.45, 2.75) is 18.2 Å². The molecular formula is C18H18Cl2N2O3S. The maximum Gasteiger partial charge on any atom is 0.276 e. The highest BCUT2D eigenvalue weighted by molar-refractivity contribution is 8.00. The van der Waals surface area contributed by atoms with E-state index in [0.717, 1.165) is 6.42 Å². The molecule has 26 heavy (non-hydrogen) atoms. The van der Waals surface area contributed by atoms with Crippen molar-refractivity contribution in [3.8, 4) is 5.75 Å². The van der Waals surface area contributed by atoms with Gasteiger partial charge in [0.25, 0.3) is 5.91 Å². The number of amides is 2. The number of thioether (sulfide) groups is 1. The summed E-state index contributed by atoms with van der Waals surface area (Å²) >= 11 is 13.1. The molecule has 0 saturated heterocycles. The monoisotopic (exact) mass is 412 g/mol. The van der Waals surface area contributed by atoms with Crippen molar-refractivity contribution in [2.24, 2.45) is 0 Å². The molecule has 0 bridgehead atoms. The van der Waals surface area contributed by atoms with Crippen LogP contribution >= 0.6 is 35.0 Å². The number of halogens is 2. The Morgan fingerprint density at radius 2 is 1.73 bits per heavy atom. The molecular weight excluding hydrogens is 395 g/mol. The van der Waals surface area contributed by atoms with Gasteiger partial charge in [0, 0.05) is 9.92 Å². The molecule has 2 rings (SSSR count). The fraction of sp³-hybridized carbons (Fsp3) is 0.222. The van der Waals surface area contributed by atoms with Crippen LogP contribution in [0.5, 0.6) is 5.75 Å². The molecule has 2 aromatic carbocycles. The normalized spacial score (nSPS) is 10.3. The van der Waals surface area contributed by atoms with Crippen molar-refractivity contribution in [1.29, 1.82) is 0 Å². The lowest BCUT2D eigenvalue weighted by Gasteiger charge is -2.09. The fourth-order valence-electron chi connectivity index (χ4n) is 1.91. The number of ether oxygens (including phenoxy) is 1. The van der Waals surface area contributed by atoms with Gasteiger partial charge in [-0.1, -0.05) is 42.3 Å². The van der Waals surface area contributed by atoms with Crippen molar-refractivity contribution in [2.75, 3.05) is 12.4 Å². The molecule has 0 radical (unpaired) electrons. The molecule has 2 amide bonds. The average molecular weight is 413 g/mol. The summed E-state index contributed by atoms with van der Waals surface area (Å²) in [6.45, 7) is 1.86. The van der Waals surface area contributed by atoms with Gasteiger partial charge >= 0.3 is 0 Å². The molecule has 0 aliphatic heterocycles. The first-order chi connectivity index (χ1) is 12.5. The summed E-state index contributed by atoms with van der Waals surface area (Å²) < 4.78 is 5.36. The molecule has 2 aromatic rings. The van der Waals surface area contributed by atoms with Gasteiger partial charge in [0.05, 0.1) is 10.8 Å². The van der Waals surface area contributed by atoms with Crippen LogP contribution in [0.2, 0.25) is 10.0 Å². The van der Waals surface area contributed by atoms with Crippen molar-refractivity contribution in [3.63, 3.8) is 0 Å². The lowest BCUT2D eigenvalue weighted by molar-refractivity contribution is -0.128. The van der Waals surface area contributed by atoms with Crippen LogP contribution in [0.1, 0.15) is 12.5 Å². The molecule has 138 valence electrons. The van der Waals surface area contributed by atoms with Gasteiger partial charge in [0.2, 0.25) is 5.91 Å². The van der Waals surface area contributed by atoms with E-state index in [0.29, 0.717) is 20.7 Å². The maximum absolute atomic E-state index is 11.8. The maximum atomic E-state index is 11.8. The second kappa shape index (κ2) is 10.3. The minimum absolute atomic E-state index is 0.0830. The van der Waals surface area contributed by atoms with E-state index in [1.165, 1.54) is 17.3 Å². The minimum Gasteiger partial charge on any atom is -0.484 e. The Bertz CT molecular complexity index is 770. The molecule has 0 saturated carbocycles. The Labute approximate surface area is 166 Å². The Hall–Kier alpha value is -1.89. The van der Waals surface area contributed by atoms with E-state index in [1.54, 1.807) is 30.3 Å². The summed E-state index contributed by atoms with van der Waals surface area (Å²) in [6, 6.07) is 12.5. The van der Waals surface area contributed by atoms with Gasteiger partial charge in [-0.3, -0.25) is 20.4 Å². The van der Waals surface area contributed by atoms with Gasteiger partial charge in [-0.15, -0.1) is 11.8 Å². The highest BCUT2D eigenvalue weighted by Gasteiger charge is 2.08. The summed E-state index contributed by atoms with van der Waals surface area (Å²) in [7, 11) is 0. The fourth-order valence-corrected chi connectivity index (χ4v) is 3.21. The zero-order valence-corrected chi connectivity index (χ0v) is 16.4. The van der Waals surface area contributed by atoms with E-state index in [9.17, 15) is 9.59 Å². The predicted octanol–water partition coefficient (Wildman–Crippen LogP) is 3.87. The smallest absolute Gasteiger partial charge is 0.276 e. The highest BCUT2D eigenvalue weighted by atomic mass is 35.5. The Kier molecular flexibility index (Phi) is 8.09. The second-order valence-electron chi connectivity index (χ2n) is 5.25. The van der Waals surface area contributed by atoms with Gasteiger partial charge in [0.1, 0.15) is 5.75 Å². The van der Waals surface area contributed by atoms with Crippen LogP contribution in [-0.2, 0) is 16.0 Å². The molecule has 8 heteroatoms. The third kappa shape index (κ3) is 6.78. The largest absolute Gasteiger partial charge is 0.484 e. The molecule has 0 heterocycles. The predicted molar refractivity (Wildman–Crippen MR) is 105 cm³/mol. The molecule has 0 aliphatic rings. The van der Waals surface area contributed by atoms with Crippen LogP contribution in [0.15, 0.2) is 47.4 Å². The summed E-state index contributed by atoms with van der Waals surface area (Å²) in [5.74, 6) is -0.148. The van der Waals surface area contributed by atoms with E-state index in [2.05, 4.69) is 17.8 Å². The number of aryl methyl sites for hydroxylation is 1. The van der Waals surface area contributed by atoms with Crippen molar-refractivity contribution >= 4 is 46.8 Å². The first kappa shape index (κ1) is 20.4. The number of carbonyl (C=O) groups excluding carboxylic acids is 2. The van der Waals surface area contributed by atoms with Crippen LogP contribution in [0.3, 0.4) is 0 Å². The third-order valence-electron chi connectivity index (χ3n) is 3.29. The van der Waals surface area contributed by atoms with Crippen LogP contribution in [0.4, 0.5) is 0 Å². The van der Waals surface area contributed by atoms with Crippen LogP contribution in [-0.4, -0.2) is 24.2 Å². The molecule has 0 aliphatic carbocycles. The van der Waals surface area contributed by atoms with Crippen molar-refractivity contribution < 1.29 is 14.3 Å². The SMILES string of the molecule is CCc1ccc(OCC(=O)NNC(=O)CSc2cc(Cl)ccc2Cl)cc1. The number of hydrogen-bond acceptors (Lipinski definition) is 4. The topological polar surface area (TPSA) is 67.4 Å². The Morgan fingerprint density at radius 3 is 2.42 bits per heavy atom. The lowest BCUT2D eigenvalue weighted by atomic mass is 10.2. The average Bonchev–Trinajstić information content (AvgIpc) is 2.65. The van der Waals surface area contributed by atoms with Gasteiger partial charge in [-0.05, 0) is 42.3 Å². The summed E-state index contributed by atoms with van der Waals surface area (Å²) in [6.07, 6.45) is 0.936. The first-order valence-electron chi connectivity index (χ1n) is 7.85. The lowest BCUT2D eigenvalue weighted by Crippen LogP contribution is -2.44. The van der Waals surface area contributed by atoms with Crippen molar-refractivity contribution in [1.82, 2.24) is 10.9 Å². The minimum atomic E-state index is -0.455. The molecule has 5 nitrogen and oxygen atoms in total. The molecule has 0 spiro atoms. The standard InChI is InChI=1S/C18H18Cl2N2O3S/c1-2-12-3-6-14(7-4-12)25-10-17(23)21-22-18(24)11-26-16-9-13(19)5-8-15(16)20/h3-9H,2,10-11H2,1H3,(H,21,23)(H,22,24). The molecule has 0 aromatic heterocycles. The van der Waals surface area contributed by atoms with Gasteiger partial charge in [0.15, 0.2) is 6.61 Å². The second-order valence-corrected chi connectivity index (χ2v) is 7.11. The zero-order valence-electron chi connectivity index (χ0n) is 14.1. The summed E-state index contributed by atoms with van der Waals surface area (Å²) in [5, 5.41) is 1.05. The first-order valence-corrected chi connectivity index (χ1v) is 9.59.